The first-order valence-electron chi connectivity index (χ1n) is 9.66. The zero-order chi connectivity index (χ0) is 20.5. The van der Waals surface area contributed by atoms with Gasteiger partial charge in [-0.1, -0.05) is 12.1 Å². The van der Waals surface area contributed by atoms with Crippen molar-refractivity contribution < 1.29 is 28.9 Å². The number of carboxylic acids is 1. The van der Waals surface area contributed by atoms with E-state index in [1.165, 1.54) is 0 Å². The maximum Gasteiger partial charge on any atom is 0.341 e. The summed E-state index contributed by atoms with van der Waals surface area (Å²) in [5.74, 6) is 0.117. The number of ether oxygens (including phenoxy) is 3. The van der Waals surface area contributed by atoms with Gasteiger partial charge in [-0.3, -0.25) is 4.79 Å². The quantitative estimate of drug-likeness (QED) is 0.673. The summed E-state index contributed by atoms with van der Waals surface area (Å²) < 4.78 is 16.3. The van der Waals surface area contributed by atoms with E-state index < -0.39 is 5.97 Å². The minimum absolute atomic E-state index is 0.135. The highest BCUT2D eigenvalue weighted by atomic mass is 16.5. The molecule has 0 atom stereocenters. The summed E-state index contributed by atoms with van der Waals surface area (Å²) in [6.45, 7) is 1.58. The zero-order valence-electron chi connectivity index (χ0n) is 16.1. The van der Waals surface area contributed by atoms with Gasteiger partial charge in [0, 0.05) is 24.9 Å². The van der Waals surface area contributed by atoms with Crippen LogP contribution in [0.2, 0.25) is 0 Å². The number of carboxylic acid groups (broad SMARTS) is 1. The zero-order valence-corrected chi connectivity index (χ0v) is 16.1. The van der Waals surface area contributed by atoms with Crippen molar-refractivity contribution in [3.63, 3.8) is 0 Å². The molecule has 0 aromatic heterocycles. The van der Waals surface area contributed by atoms with Crippen LogP contribution >= 0.6 is 0 Å². The number of rotatable bonds is 9. The van der Waals surface area contributed by atoms with Gasteiger partial charge in [0.25, 0.3) is 5.91 Å². The number of amides is 1. The number of carbonyl (C=O) groups excluding carboxylic acids is 1. The number of carbonyl (C=O) groups is 2. The van der Waals surface area contributed by atoms with Crippen LogP contribution in [0.25, 0.3) is 0 Å². The molecule has 1 fully saturated rings. The predicted molar refractivity (Wildman–Crippen MR) is 107 cm³/mol. The Morgan fingerprint density at radius 1 is 1.00 bits per heavy atom. The molecule has 7 heteroatoms. The third-order valence-electron chi connectivity index (χ3n) is 4.57. The molecule has 3 rings (SSSR count). The summed E-state index contributed by atoms with van der Waals surface area (Å²) >= 11 is 0. The van der Waals surface area contributed by atoms with Crippen LogP contribution in [0.3, 0.4) is 0 Å². The molecular weight excluding hydrogens is 374 g/mol. The van der Waals surface area contributed by atoms with Crippen LogP contribution in [0.1, 0.15) is 28.8 Å². The maximum atomic E-state index is 12.3. The van der Waals surface area contributed by atoms with Crippen molar-refractivity contribution in [2.75, 3.05) is 26.4 Å². The Kier molecular flexibility index (Phi) is 7.47. The van der Waals surface area contributed by atoms with Crippen LogP contribution in [0.4, 0.5) is 0 Å². The van der Waals surface area contributed by atoms with Crippen molar-refractivity contribution in [3.05, 3.63) is 59.7 Å². The molecule has 1 heterocycles. The summed E-state index contributed by atoms with van der Waals surface area (Å²) in [7, 11) is 0. The van der Waals surface area contributed by atoms with E-state index >= 15 is 0 Å². The molecule has 1 aliphatic rings. The molecule has 0 unspecified atom stereocenters. The van der Waals surface area contributed by atoms with Crippen molar-refractivity contribution in [1.82, 2.24) is 5.32 Å². The van der Waals surface area contributed by atoms with Gasteiger partial charge in [0.05, 0.1) is 13.2 Å². The Hall–Kier alpha value is -3.06. The molecule has 0 bridgehead atoms. The van der Waals surface area contributed by atoms with E-state index in [4.69, 9.17) is 19.3 Å². The second-order valence-corrected chi connectivity index (χ2v) is 6.79. The van der Waals surface area contributed by atoms with E-state index in [2.05, 4.69) is 5.32 Å². The number of hydrogen-bond acceptors (Lipinski definition) is 5. The number of benzene rings is 2. The largest absolute Gasteiger partial charge is 0.490 e. The van der Waals surface area contributed by atoms with Crippen LogP contribution in [-0.2, 0) is 16.0 Å². The molecular formula is C22H25NO6. The van der Waals surface area contributed by atoms with Crippen LogP contribution in [0, 0.1) is 0 Å². The second-order valence-electron chi connectivity index (χ2n) is 6.79. The maximum absolute atomic E-state index is 12.3. The minimum atomic E-state index is -1.01. The summed E-state index contributed by atoms with van der Waals surface area (Å²) in [5.41, 5.74) is 1.61. The minimum Gasteiger partial charge on any atom is -0.490 e. The molecule has 0 radical (unpaired) electrons. The molecule has 1 saturated heterocycles. The summed E-state index contributed by atoms with van der Waals surface area (Å²) in [6, 6.07) is 14.3. The van der Waals surface area contributed by atoms with Crippen molar-refractivity contribution in [1.29, 1.82) is 0 Å². The summed E-state index contributed by atoms with van der Waals surface area (Å²) in [6.07, 6.45) is 2.60. The molecule has 2 aromatic carbocycles. The molecule has 0 spiro atoms. The molecule has 154 valence electrons. The Balaban J connectivity index is 1.41. The molecule has 7 nitrogen and oxygen atoms in total. The average molecular weight is 399 g/mol. The summed E-state index contributed by atoms with van der Waals surface area (Å²) in [4.78, 5) is 22.8. The third kappa shape index (κ3) is 6.80. The average Bonchev–Trinajstić information content (AvgIpc) is 2.74. The van der Waals surface area contributed by atoms with Gasteiger partial charge in [0.2, 0.25) is 0 Å². The van der Waals surface area contributed by atoms with Crippen molar-refractivity contribution >= 4 is 11.9 Å². The molecule has 0 aliphatic carbocycles. The van der Waals surface area contributed by atoms with Gasteiger partial charge < -0.3 is 24.6 Å². The monoisotopic (exact) mass is 399 g/mol. The van der Waals surface area contributed by atoms with E-state index in [1.807, 2.05) is 24.3 Å². The van der Waals surface area contributed by atoms with Gasteiger partial charge in [0.1, 0.15) is 17.6 Å². The molecule has 2 aromatic rings. The van der Waals surface area contributed by atoms with E-state index in [0.29, 0.717) is 24.3 Å². The normalized spacial score (nSPS) is 14.2. The van der Waals surface area contributed by atoms with Crippen LogP contribution < -0.4 is 14.8 Å². The van der Waals surface area contributed by atoms with Crippen molar-refractivity contribution in [2.45, 2.75) is 25.4 Å². The lowest BCUT2D eigenvalue weighted by molar-refractivity contribution is -0.139. The Labute approximate surface area is 169 Å². The molecule has 2 N–H and O–H groups in total. The highest BCUT2D eigenvalue weighted by Gasteiger charge is 2.15. The van der Waals surface area contributed by atoms with E-state index in [0.717, 1.165) is 37.4 Å². The van der Waals surface area contributed by atoms with Crippen LogP contribution in [0.15, 0.2) is 48.5 Å². The van der Waals surface area contributed by atoms with Crippen molar-refractivity contribution in [2.24, 2.45) is 0 Å². The van der Waals surface area contributed by atoms with Gasteiger partial charge in [-0.2, -0.15) is 0 Å². The number of aliphatic carboxylic acids is 1. The van der Waals surface area contributed by atoms with Crippen LogP contribution in [0.5, 0.6) is 11.5 Å². The highest BCUT2D eigenvalue weighted by Crippen LogP contribution is 2.18. The number of hydrogen-bond donors (Lipinski definition) is 2. The van der Waals surface area contributed by atoms with E-state index in [9.17, 15) is 9.59 Å². The molecule has 29 heavy (non-hydrogen) atoms. The lowest BCUT2D eigenvalue weighted by atomic mass is 10.1. The Bertz CT molecular complexity index is 797. The Morgan fingerprint density at radius 3 is 2.31 bits per heavy atom. The lowest BCUT2D eigenvalue weighted by Crippen LogP contribution is -2.26. The van der Waals surface area contributed by atoms with E-state index in [1.54, 1.807) is 24.3 Å². The fourth-order valence-electron chi connectivity index (χ4n) is 2.99. The summed E-state index contributed by atoms with van der Waals surface area (Å²) in [5, 5.41) is 11.5. The SMILES string of the molecule is O=C(O)COc1ccc(CCNC(=O)c2ccc(OC3CCOCC3)cc2)cc1. The van der Waals surface area contributed by atoms with Gasteiger partial charge in [0.15, 0.2) is 6.61 Å². The second kappa shape index (κ2) is 10.5. The lowest BCUT2D eigenvalue weighted by Gasteiger charge is -2.23. The fourth-order valence-corrected chi connectivity index (χ4v) is 2.99. The topological polar surface area (TPSA) is 94.1 Å². The van der Waals surface area contributed by atoms with Gasteiger partial charge in [-0.25, -0.2) is 4.79 Å². The van der Waals surface area contributed by atoms with Crippen molar-refractivity contribution in [3.8, 4) is 11.5 Å². The van der Waals surface area contributed by atoms with Gasteiger partial charge >= 0.3 is 5.97 Å². The molecule has 1 amide bonds. The first-order valence-corrected chi connectivity index (χ1v) is 9.66. The predicted octanol–water partition coefficient (Wildman–Crippen LogP) is 2.68. The molecule has 0 saturated carbocycles. The standard InChI is InChI=1S/C22H25NO6/c24-21(25)15-28-18-5-1-16(2-6-18)9-12-23-22(26)17-3-7-19(8-4-17)29-20-10-13-27-14-11-20/h1-8,20H,9-15H2,(H,23,26)(H,24,25). The third-order valence-corrected chi connectivity index (χ3v) is 4.57. The van der Waals surface area contributed by atoms with E-state index in [-0.39, 0.29) is 18.6 Å². The Morgan fingerprint density at radius 2 is 1.66 bits per heavy atom. The smallest absolute Gasteiger partial charge is 0.341 e. The van der Waals surface area contributed by atoms with Gasteiger partial charge in [-0.05, 0) is 48.4 Å². The van der Waals surface area contributed by atoms with Gasteiger partial charge in [-0.15, -0.1) is 0 Å². The fraction of sp³-hybridized carbons (Fsp3) is 0.364. The molecule has 1 aliphatic heterocycles. The first kappa shape index (κ1) is 20.7. The van der Waals surface area contributed by atoms with Crippen LogP contribution in [-0.4, -0.2) is 49.5 Å². The highest BCUT2D eigenvalue weighted by molar-refractivity contribution is 5.94. The first-order chi connectivity index (χ1) is 14.1. The number of nitrogens with one attached hydrogen (secondary N) is 1.